The molecule has 1 saturated heterocycles. The van der Waals surface area contributed by atoms with Crippen LogP contribution < -0.4 is 0 Å². The van der Waals surface area contributed by atoms with E-state index in [2.05, 4.69) is 10.1 Å². The van der Waals surface area contributed by atoms with Gasteiger partial charge >= 0.3 is 0 Å². The Morgan fingerprint density at radius 3 is 2.75 bits per heavy atom. The average molecular weight is 427 g/mol. The lowest BCUT2D eigenvalue weighted by Gasteiger charge is -2.32. The zero-order valence-corrected chi connectivity index (χ0v) is 17.4. The first kappa shape index (κ1) is 20.8. The first-order chi connectivity index (χ1) is 13.3. The predicted octanol–water partition coefficient (Wildman–Crippen LogP) is 2.41. The van der Waals surface area contributed by atoms with Crippen LogP contribution in [-0.4, -0.2) is 59.6 Å². The standard InChI is InChI=1S/C18H23ClN4O4S/c1-3-28(25,26)23-10-4-5-14(11-23)18(24)22(2)12-16-20-17(21-27-16)13-6-8-15(19)9-7-13/h6-9,14H,3-5,10-12H2,1-2H3/t14-/m0/s1. The van der Waals surface area contributed by atoms with Crippen LogP contribution in [0.25, 0.3) is 11.4 Å². The van der Waals surface area contributed by atoms with Gasteiger partial charge in [-0.3, -0.25) is 4.79 Å². The first-order valence-electron chi connectivity index (χ1n) is 9.11. The molecule has 152 valence electrons. The van der Waals surface area contributed by atoms with Gasteiger partial charge < -0.3 is 9.42 Å². The van der Waals surface area contributed by atoms with Gasteiger partial charge in [0.05, 0.1) is 18.2 Å². The fourth-order valence-electron chi connectivity index (χ4n) is 3.21. The zero-order valence-electron chi connectivity index (χ0n) is 15.8. The molecule has 2 aromatic rings. The van der Waals surface area contributed by atoms with Crippen molar-refractivity contribution >= 4 is 27.5 Å². The molecule has 28 heavy (non-hydrogen) atoms. The number of piperidine rings is 1. The molecule has 1 atom stereocenters. The van der Waals surface area contributed by atoms with Crippen molar-refractivity contribution in [3.63, 3.8) is 0 Å². The maximum Gasteiger partial charge on any atom is 0.246 e. The fraction of sp³-hybridized carbons (Fsp3) is 0.500. The van der Waals surface area contributed by atoms with E-state index in [-0.39, 0.29) is 30.7 Å². The summed E-state index contributed by atoms with van der Waals surface area (Å²) >= 11 is 5.88. The fourth-order valence-corrected chi connectivity index (χ4v) is 4.51. The second kappa shape index (κ2) is 8.59. The Morgan fingerprint density at radius 1 is 1.36 bits per heavy atom. The molecular formula is C18H23ClN4O4S. The number of benzene rings is 1. The molecule has 1 aromatic carbocycles. The lowest BCUT2D eigenvalue weighted by molar-refractivity contribution is -0.136. The van der Waals surface area contributed by atoms with Gasteiger partial charge in [0.15, 0.2) is 0 Å². The summed E-state index contributed by atoms with van der Waals surface area (Å²) in [5.74, 6) is 0.292. The molecule has 1 amide bonds. The highest BCUT2D eigenvalue weighted by molar-refractivity contribution is 7.89. The number of amides is 1. The largest absolute Gasteiger partial charge is 0.337 e. The van der Waals surface area contributed by atoms with E-state index < -0.39 is 10.0 Å². The number of nitrogens with zero attached hydrogens (tertiary/aromatic N) is 4. The van der Waals surface area contributed by atoms with E-state index in [1.54, 1.807) is 38.2 Å². The Balaban J connectivity index is 1.63. The monoisotopic (exact) mass is 426 g/mol. The third-order valence-corrected chi connectivity index (χ3v) is 6.91. The molecule has 1 aliphatic rings. The van der Waals surface area contributed by atoms with E-state index in [1.165, 1.54) is 9.21 Å². The summed E-state index contributed by atoms with van der Waals surface area (Å²) in [5.41, 5.74) is 0.765. The molecule has 1 aromatic heterocycles. The van der Waals surface area contributed by atoms with Gasteiger partial charge in [0.25, 0.3) is 0 Å². The Kier molecular flexibility index (Phi) is 6.36. The van der Waals surface area contributed by atoms with Crippen LogP contribution in [0.1, 0.15) is 25.7 Å². The summed E-state index contributed by atoms with van der Waals surface area (Å²) < 4.78 is 30.9. The van der Waals surface area contributed by atoms with Crippen molar-refractivity contribution in [3.05, 3.63) is 35.2 Å². The van der Waals surface area contributed by atoms with E-state index in [0.717, 1.165) is 5.56 Å². The summed E-state index contributed by atoms with van der Waals surface area (Å²) in [4.78, 5) is 18.6. The van der Waals surface area contributed by atoms with Crippen molar-refractivity contribution in [1.82, 2.24) is 19.3 Å². The van der Waals surface area contributed by atoms with Crippen molar-refractivity contribution in [2.24, 2.45) is 5.92 Å². The van der Waals surface area contributed by atoms with Crippen LogP contribution in [0.4, 0.5) is 0 Å². The number of carbonyl (C=O) groups is 1. The van der Waals surface area contributed by atoms with Gasteiger partial charge in [-0.25, -0.2) is 12.7 Å². The molecule has 10 heteroatoms. The number of hydrogen-bond donors (Lipinski definition) is 0. The predicted molar refractivity (Wildman–Crippen MR) is 105 cm³/mol. The van der Waals surface area contributed by atoms with Crippen LogP contribution in [0.3, 0.4) is 0 Å². The normalized spacial score (nSPS) is 18.2. The smallest absolute Gasteiger partial charge is 0.246 e. The van der Waals surface area contributed by atoms with E-state index in [9.17, 15) is 13.2 Å². The van der Waals surface area contributed by atoms with Crippen LogP contribution in [0.5, 0.6) is 0 Å². The van der Waals surface area contributed by atoms with Crippen molar-refractivity contribution in [3.8, 4) is 11.4 Å². The van der Waals surface area contributed by atoms with E-state index in [4.69, 9.17) is 16.1 Å². The summed E-state index contributed by atoms with van der Waals surface area (Å²) in [6, 6.07) is 7.05. The molecule has 0 N–H and O–H groups in total. The van der Waals surface area contributed by atoms with Crippen LogP contribution >= 0.6 is 11.6 Å². The number of sulfonamides is 1. The number of aromatic nitrogens is 2. The Labute approximate surface area is 169 Å². The third-order valence-electron chi connectivity index (χ3n) is 4.81. The SMILES string of the molecule is CCS(=O)(=O)N1CCC[C@H](C(=O)N(C)Cc2nc(-c3ccc(Cl)cc3)no2)C1. The second-order valence-electron chi connectivity index (χ2n) is 6.81. The van der Waals surface area contributed by atoms with E-state index in [0.29, 0.717) is 36.1 Å². The molecular weight excluding hydrogens is 404 g/mol. The highest BCUT2D eigenvalue weighted by atomic mass is 35.5. The minimum absolute atomic E-state index is 0.0409. The van der Waals surface area contributed by atoms with Gasteiger partial charge in [0.1, 0.15) is 0 Å². The number of hydrogen-bond acceptors (Lipinski definition) is 6. The third kappa shape index (κ3) is 4.71. The minimum Gasteiger partial charge on any atom is -0.337 e. The van der Waals surface area contributed by atoms with Crippen molar-refractivity contribution in [2.75, 3.05) is 25.9 Å². The molecule has 0 bridgehead atoms. The Hall–Kier alpha value is -1.97. The van der Waals surface area contributed by atoms with Gasteiger partial charge in [-0.2, -0.15) is 4.98 Å². The summed E-state index contributed by atoms with van der Waals surface area (Å²) in [6.45, 7) is 2.47. The highest BCUT2D eigenvalue weighted by Crippen LogP contribution is 2.23. The van der Waals surface area contributed by atoms with Crippen molar-refractivity contribution < 1.29 is 17.7 Å². The number of rotatable bonds is 6. The molecule has 0 radical (unpaired) electrons. The lowest BCUT2D eigenvalue weighted by Crippen LogP contribution is -2.46. The van der Waals surface area contributed by atoms with Gasteiger partial charge in [0, 0.05) is 30.7 Å². The molecule has 0 spiro atoms. The summed E-state index contributed by atoms with van der Waals surface area (Å²) in [5, 5.41) is 4.56. The topological polar surface area (TPSA) is 96.6 Å². The van der Waals surface area contributed by atoms with E-state index >= 15 is 0 Å². The molecule has 0 aliphatic carbocycles. The van der Waals surface area contributed by atoms with Crippen molar-refractivity contribution in [2.45, 2.75) is 26.3 Å². The minimum atomic E-state index is -3.29. The molecule has 8 nitrogen and oxygen atoms in total. The maximum absolute atomic E-state index is 12.8. The van der Waals surface area contributed by atoms with Gasteiger partial charge in [0.2, 0.25) is 27.6 Å². The lowest BCUT2D eigenvalue weighted by atomic mass is 9.98. The molecule has 0 unspecified atom stereocenters. The van der Waals surface area contributed by atoms with Crippen LogP contribution in [0, 0.1) is 5.92 Å². The van der Waals surface area contributed by atoms with Crippen LogP contribution in [0.2, 0.25) is 5.02 Å². The molecule has 0 saturated carbocycles. The first-order valence-corrected chi connectivity index (χ1v) is 11.1. The van der Waals surface area contributed by atoms with Gasteiger partial charge in [-0.05, 0) is 44.0 Å². The molecule has 3 rings (SSSR count). The van der Waals surface area contributed by atoms with Crippen molar-refractivity contribution in [1.29, 1.82) is 0 Å². The summed E-state index contributed by atoms with van der Waals surface area (Å²) in [6.07, 6.45) is 1.34. The quantitative estimate of drug-likeness (QED) is 0.703. The Morgan fingerprint density at radius 2 is 2.07 bits per heavy atom. The highest BCUT2D eigenvalue weighted by Gasteiger charge is 2.33. The summed E-state index contributed by atoms with van der Waals surface area (Å²) in [7, 11) is -1.64. The average Bonchev–Trinajstić information content (AvgIpc) is 3.16. The Bertz CT molecular complexity index is 929. The molecule has 1 fully saturated rings. The van der Waals surface area contributed by atoms with Gasteiger partial charge in [-0.15, -0.1) is 0 Å². The second-order valence-corrected chi connectivity index (χ2v) is 9.50. The van der Waals surface area contributed by atoms with Crippen LogP contribution in [-0.2, 0) is 21.4 Å². The van der Waals surface area contributed by atoms with Gasteiger partial charge in [-0.1, -0.05) is 16.8 Å². The van der Waals surface area contributed by atoms with E-state index in [1.807, 2.05) is 0 Å². The number of halogens is 1. The maximum atomic E-state index is 12.8. The van der Waals surface area contributed by atoms with Crippen LogP contribution in [0.15, 0.2) is 28.8 Å². The molecule has 2 heterocycles. The number of carbonyl (C=O) groups excluding carboxylic acids is 1. The molecule has 1 aliphatic heterocycles. The zero-order chi connectivity index (χ0) is 20.3.